The van der Waals surface area contributed by atoms with Gasteiger partial charge in [0.25, 0.3) is 0 Å². The van der Waals surface area contributed by atoms with Crippen molar-refractivity contribution in [3.63, 3.8) is 0 Å². The highest BCUT2D eigenvalue weighted by atomic mass is 16.3. The van der Waals surface area contributed by atoms with Crippen molar-refractivity contribution in [2.75, 3.05) is 13.1 Å². The van der Waals surface area contributed by atoms with Crippen molar-refractivity contribution in [1.82, 2.24) is 4.90 Å². The molecular weight excluding hydrogens is 242 g/mol. The third-order valence-electron chi connectivity index (χ3n) is 3.83. The lowest BCUT2D eigenvalue weighted by atomic mass is 10.0. The van der Waals surface area contributed by atoms with Crippen LogP contribution in [0.25, 0.3) is 11.0 Å². The maximum atomic E-state index is 12.0. The molecule has 1 aliphatic rings. The zero-order valence-corrected chi connectivity index (χ0v) is 11.1. The summed E-state index contributed by atoms with van der Waals surface area (Å²) in [4.78, 5) is 13.7. The minimum Gasteiger partial charge on any atom is -0.464 e. The maximum absolute atomic E-state index is 12.0. The monoisotopic (exact) mass is 259 g/mol. The van der Waals surface area contributed by atoms with Crippen LogP contribution >= 0.6 is 0 Å². The highest BCUT2D eigenvalue weighted by molar-refractivity contribution is 5.88. The summed E-state index contributed by atoms with van der Waals surface area (Å²) in [6, 6.07) is 4.08. The predicted octanol–water partition coefficient (Wildman–Crippen LogP) is 1.80. The van der Waals surface area contributed by atoms with Gasteiger partial charge in [0.1, 0.15) is 5.58 Å². The molecule has 2 heterocycles. The van der Waals surface area contributed by atoms with Crippen LogP contribution in [-0.2, 0) is 11.2 Å². The lowest BCUT2D eigenvalue weighted by molar-refractivity contribution is -0.140. The summed E-state index contributed by atoms with van der Waals surface area (Å²) in [7, 11) is 0. The van der Waals surface area contributed by atoms with Gasteiger partial charge in [0.05, 0.1) is 18.8 Å². The smallest absolute Gasteiger partial charge is 0.227 e. The zero-order chi connectivity index (χ0) is 13.6. The van der Waals surface area contributed by atoms with Gasteiger partial charge in [-0.2, -0.15) is 0 Å². The number of aryl methyl sites for hydroxylation is 2. The molecule has 1 fully saturated rings. The number of fused-ring (bicyclic) bond motifs is 1. The Bertz CT molecular complexity index is 638. The molecule has 1 N–H and O–H groups in total. The van der Waals surface area contributed by atoms with E-state index in [0.29, 0.717) is 19.5 Å². The maximum Gasteiger partial charge on any atom is 0.227 e. The number of carbonyl (C=O) groups is 1. The first kappa shape index (κ1) is 12.2. The SMILES string of the molecule is Cc1cc2occ(CC(=O)N3CC(O)C3)c2cc1C. The zero-order valence-electron chi connectivity index (χ0n) is 11.1. The minimum absolute atomic E-state index is 0.0474. The molecule has 0 bridgehead atoms. The topological polar surface area (TPSA) is 53.7 Å². The van der Waals surface area contributed by atoms with Gasteiger partial charge >= 0.3 is 0 Å². The number of β-amino-alcohol motifs (C(OH)–C–C–N with tert-alkyl or cyclic N) is 1. The highest BCUT2D eigenvalue weighted by Crippen LogP contribution is 2.25. The van der Waals surface area contributed by atoms with Gasteiger partial charge in [0, 0.05) is 24.0 Å². The number of aliphatic hydroxyl groups excluding tert-OH is 1. The summed E-state index contributed by atoms with van der Waals surface area (Å²) in [5.74, 6) is 0.0474. The van der Waals surface area contributed by atoms with E-state index in [9.17, 15) is 9.90 Å². The van der Waals surface area contributed by atoms with Crippen LogP contribution < -0.4 is 0 Å². The van der Waals surface area contributed by atoms with Crippen molar-refractivity contribution in [2.45, 2.75) is 26.4 Å². The van der Waals surface area contributed by atoms with E-state index in [4.69, 9.17) is 4.42 Å². The molecule has 1 aromatic heterocycles. The van der Waals surface area contributed by atoms with Crippen molar-refractivity contribution < 1.29 is 14.3 Å². The average Bonchev–Trinajstić information content (AvgIpc) is 2.68. The van der Waals surface area contributed by atoms with E-state index in [-0.39, 0.29) is 12.0 Å². The quantitative estimate of drug-likeness (QED) is 0.894. The minimum atomic E-state index is -0.352. The summed E-state index contributed by atoms with van der Waals surface area (Å²) >= 11 is 0. The Hall–Kier alpha value is -1.81. The number of hydrogen-bond donors (Lipinski definition) is 1. The molecule has 1 aliphatic heterocycles. The van der Waals surface area contributed by atoms with Gasteiger partial charge in [0.2, 0.25) is 5.91 Å². The van der Waals surface area contributed by atoms with E-state index in [2.05, 4.69) is 13.0 Å². The summed E-state index contributed by atoms with van der Waals surface area (Å²) in [5, 5.41) is 10.2. The van der Waals surface area contributed by atoms with Crippen LogP contribution in [0.3, 0.4) is 0 Å². The molecule has 0 spiro atoms. The Morgan fingerprint density at radius 2 is 2.05 bits per heavy atom. The van der Waals surface area contributed by atoms with Gasteiger partial charge in [-0.15, -0.1) is 0 Å². The molecule has 2 aromatic rings. The predicted molar refractivity (Wildman–Crippen MR) is 72.0 cm³/mol. The Morgan fingerprint density at radius 3 is 2.74 bits per heavy atom. The molecule has 19 heavy (non-hydrogen) atoms. The first-order valence-corrected chi connectivity index (χ1v) is 6.48. The fourth-order valence-electron chi connectivity index (χ4n) is 2.41. The largest absolute Gasteiger partial charge is 0.464 e. The second-order valence-corrected chi connectivity index (χ2v) is 5.32. The third-order valence-corrected chi connectivity index (χ3v) is 3.83. The fraction of sp³-hybridized carbons (Fsp3) is 0.400. The number of rotatable bonds is 2. The summed E-state index contributed by atoms with van der Waals surface area (Å²) < 4.78 is 5.52. The van der Waals surface area contributed by atoms with Gasteiger partial charge in [-0.1, -0.05) is 0 Å². The highest BCUT2D eigenvalue weighted by Gasteiger charge is 2.29. The van der Waals surface area contributed by atoms with Crippen LogP contribution in [0.5, 0.6) is 0 Å². The van der Waals surface area contributed by atoms with Crippen LogP contribution in [0.1, 0.15) is 16.7 Å². The Labute approximate surface area is 111 Å². The molecule has 1 amide bonds. The second kappa shape index (κ2) is 4.38. The molecule has 1 aromatic carbocycles. The molecule has 0 atom stereocenters. The van der Waals surface area contributed by atoms with Gasteiger partial charge in [-0.25, -0.2) is 0 Å². The number of nitrogens with zero attached hydrogens (tertiary/aromatic N) is 1. The third kappa shape index (κ3) is 2.12. The van der Waals surface area contributed by atoms with Gasteiger partial charge in [-0.3, -0.25) is 4.79 Å². The Kier molecular flexibility index (Phi) is 2.82. The van der Waals surface area contributed by atoms with Crippen molar-refractivity contribution >= 4 is 16.9 Å². The first-order valence-electron chi connectivity index (χ1n) is 6.48. The number of amides is 1. The van der Waals surface area contributed by atoms with E-state index in [0.717, 1.165) is 16.5 Å². The van der Waals surface area contributed by atoms with Gasteiger partial charge < -0.3 is 14.4 Å². The number of benzene rings is 1. The number of carbonyl (C=O) groups excluding carboxylic acids is 1. The van der Waals surface area contributed by atoms with Gasteiger partial charge in [-0.05, 0) is 37.1 Å². The summed E-state index contributed by atoms with van der Waals surface area (Å²) in [6.45, 7) is 5.00. The second-order valence-electron chi connectivity index (χ2n) is 5.32. The summed E-state index contributed by atoms with van der Waals surface area (Å²) in [6.07, 6.45) is 1.65. The lowest BCUT2D eigenvalue weighted by Crippen LogP contribution is -2.53. The van der Waals surface area contributed by atoms with Crippen LogP contribution in [0.4, 0.5) is 0 Å². The number of hydrogen-bond acceptors (Lipinski definition) is 3. The van der Waals surface area contributed by atoms with Gasteiger partial charge in [0.15, 0.2) is 0 Å². The number of aliphatic hydroxyl groups is 1. The van der Waals surface area contributed by atoms with Crippen LogP contribution in [0.15, 0.2) is 22.8 Å². The van der Waals surface area contributed by atoms with Crippen molar-refractivity contribution in [3.8, 4) is 0 Å². The van der Waals surface area contributed by atoms with Crippen molar-refractivity contribution in [2.24, 2.45) is 0 Å². The van der Waals surface area contributed by atoms with Crippen LogP contribution in [0, 0.1) is 13.8 Å². The standard InChI is InChI=1S/C15H17NO3/c1-9-3-13-11(8-19-14(13)4-10(9)2)5-15(18)16-6-12(17)7-16/h3-4,8,12,17H,5-7H2,1-2H3. The molecule has 0 saturated carbocycles. The molecule has 4 nitrogen and oxygen atoms in total. The normalized spacial score (nSPS) is 15.8. The van der Waals surface area contributed by atoms with Crippen molar-refractivity contribution in [1.29, 1.82) is 0 Å². The van der Waals surface area contributed by atoms with E-state index in [1.165, 1.54) is 11.1 Å². The fourth-order valence-corrected chi connectivity index (χ4v) is 2.41. The molecule has 0 unspecified atom stereocenters. The van der Waals surface area contributed by atoms with E-state index < -0.39 is 0 Å². The first-order chi connectivity index (χ1) is 9.04. The van der Waals surface area contributed by atoms with E-state index in [1.807, 2.05) is 13.0 Å². The molecular formula is C15H17NO3. The van der Waals surface area contributed by atoms with Crippen LogP contribution in [0.2, 0.25) is 0 Å². The average molecular weight is 259 g/mol. The van der Waals surface area contributed by atoms with Crippen LogP contribution in [-0.4, -0.2) is 35.1 Å². The summed E-state index contributed by atoms with van der Waals surface area (Å²) in [5.41, 5.74) is 4.13. The molecule has 0 radical (unpaired) electrons. The van der Waals surface area contributed by atoms with E-state index in [1.54, 1.807) is 11.2 Å². The van der Waals surface area contributed by atoms with Crippen molar-refractivity contribution in [3.05, 3.63) is 35.1 Å². The Balaban J connectivity index is 1.85. The van der Waals surface area contributed by atoms with E-state index >= 15 is 0 Å². The Morgan fingerprint density at radius 1 is 1.37 bits per heavy atom. The molecule has 100 valence electrons. The molecule has 3 rings (SSSR count). The number of furan rings is 1. The molecule has 1 saturated heterocycles. The molecule has 0 aliphatic carbocycles. The lowest BCUT2D eigenvalue weighted by Gasteiger charge is -2.35. The number of likely N-dealkylation sites (tertiary alicyclic amines) is 1. The molecule has 4 heteroatoms.